The summed E-state index contributed by atoms with van der Waals surface area (Å²) in [6.07, 6.45) is 6.16. The van der Waals surface area contributed by atoms with E-state index in [2.05, 4.69) is 10.3 Å². The van der Waals surface area contributed by atoms with Gasteiger partial charge in [0.1, 0.15) is 11.4 Å². The Hall–Kier alpha value is -3.31. The van der Waals surface area contributed by atoms with E-state index in [1.54, 1.807) is 29.1 Å². The Labute approximate surface area is 199 Å². The molecule has 2 aliphatic rings. The summed E-state index contributed by atoms with van der Waals surface area (Å²) in [6.45, 7) is 4.09. The number of hydrogen-bond acceptors (Lipinski definition) is 8. The lowest BCUT2D eigenvalue weighted by molar-refractivity contribution is -0.126. The topological polar surface area (TPSA) is 127 Å². The van der Waals surface area contributed by atoms with Crippen molar-refractivity contribution in [2.45, 2.75) is 32.3 Å². The van der Waals surface area contributed by atoms with Gasteiger partial charge in [0.15, 0.2) is 10.8 Å². The van der Waals surface area contributed by atoms with Crippen molar-refractivity contribution in [3.05, 3.63) is 45.2 Å². The highest BCUT2D eigenvalue weighted by molar-refractivity contribution is 7.12. The Morgan fingerprint density at radius 1 is 1.32 bits per heavy atom. The molecule has 3 aromatic heterocycles. The van der Waals surface area contributed by atoms with Crippen molar-refractivity contribution in [1.29, 1.82) is 0 Å². The average molecular weight is 484 g/mol. The first-order valence-corrected chi connectivity index (χ1v) is 12.1. The maximum atomic E-state index is 12.9. The number of aromatic carboxylic acids is 1. The van der Waals surface area contributed by atoms with Gasteiger partial charge in [0, 0.05) is 44.0 Å². The lowest BCUT2D eigenvalue weighted by atomic mass is 9.98. The zero-order chi connectivity index (χ0) is 23.8. The molecule has 34 heavy (non-hydrogen) atoms. The van der Waals surface area contributed by atoms with Crippen LogP contribution in [0.5, 0.6) is 0 Å². The summed E-state index contributed by atoms with van der Waals surface area (Å²) in [5.74, 6) is -0.793. The van der Waals surface area contributed by atoms with E-state index in [-0.39, 0.29) is 28.9 Å². The van der Waals surface area contributed by atoms with Gasteiger partial charge in [-0.25, -0.2) is 14.8 Å². The van der Waals surface area contributed by atoms with Gasteiger partial charge in [-0.3, -0.25) is 14.2 Å². The number of thiazole rings is 1. The van der Waals surface area contributed by atoms with Crippen molar-refractivity contribution >= 4 is 40.1 Å². The van der Waals surface area contributed by atoms with Crippen molar-refractivity contribution in [1.82, 2.24) is 19.9 Å². The van der Waals surface area contributed by atoms with E-state index in [0.717, 1.165) is 25.9 Å². The smallest absolute Gasteiger partial charge is 0.341 e. The highest BCUT2D eigenvalue weighted by Crippen LogP contribution is 2.28. The quantitative estimate of drug-likeness (QED) is 0.545. The monoisotopic (exact) mass is 483 g/mol. The number of pyridine rings is 2. The Kier molecular flexibility index (Phi) is 6.05. The molecule has 1 atom stereocenters. The van der Waals surface area contributed by atoms with Crippen molar-refractivity contribution in [3.8, 4) is 5.13 Å². The van der Waals surface area contributed by atoms with Crippen LogP contribution in [0.1, 0.15) is 35.2 Å². The lowest BCUT2D eigenvalue weighted by Crippen LogP contribution is -2.55. The van der Waals surface area contributed by atoms with E-state index in [4.69, 9.17) is 9.72 Å². The molecule has 0 bridgehead atoms. The van der Waals surface area contributed by atoms with Crippen LogP contribution in [0.25, 0.3) is 16.2 Å². The van der Waals surface area contributed by atoms with Gasteiger partial charge in [-0.05, 0) is 37.8 Å². The lowest BCUT2D eigenvalue weighted by Gasteiger charge is -2.39. The number of nitrogens with one attached hydrogen (secondary N) is 1. The fraction of sp³-hybridized carbons (Fsp3) is 0.435. The van der Waals surface area contributed by atoms with E-state index in [1.165, 1.54) is 17.5 Å². The summed E-state index contributed by atoms with van der Waals surface area (Å²) in [5.41, 5.74) is 0.0729. The minimum absolute atomic E-state index is 0.00808. The highest BCUT2D eigenvalue weighted by atomic mass is 32.1. The third kappa shape index (κ3) is 4.16. The largest absolute Gasteiger partial charge is 0.477 e. The van der Waals surface area contributed by atoms with Gasteiger partial charge >= 0.3 is 5.97 Å². The number of aromatic nitrogens is 3. The fourth-order valence-electron chi connectivity index (χ4n) is 4.43. The number of fused-ring (bicyclic) bond motifs is 1. The van der Waals surface area contributed by atoms with Gasteiger partial charge in [0.2, 0.25) is 11.3 Å². The van der Waals surface area contributed by atoms with Gasteiger partial charge in [-0.1, -0.05) is 0 Å². The van der Waals surface area contributed by atoms with E-state index >= 15 is 0 Å². The SMILES string of the molecule is Cc1cc(N2CC(C(=O)NC[C@H]3CCCCO3)C2)nc2c1c(=O)c(C(=O)O)cn2-c1nccs1. The second-order valence-electron chi connectivity index (χ2n) is 8.69. The second kappa shape index (κ2) is 9.15. The number of nitrogens with zero attached hydrogens (tertiary/aromatic N) is 4. The van der Waals surface area contributed by atoms with Crippen LogP contribution in [0.4, 0.5) is 5.82 Å². The summed E-state index contributed by atoms with van der Waals surface area (Å²) in [5, 5.41) is 15.1. The molecular weight excluding hydrogens is 458 g/mol. The third-order valence-corrected chi connectivity index (χ3v) is 7.12. The number of carbonyl (C=O) groups is 2. The molecule has 0 aromatic carbocycles. The minimum Gasteiger partial charge on any atom is -0.477 e. The standard InChI is InChI=1S/C23H25N5O5S/c1-13-8-17(27-10-14(11-27)21(30)25-9-15-4-2-3-6-33-15)26-20-18(13)19(29)16(22(31)32)12-28(20)23-24-5-7-34-23/h5,7-8,12,14-15H,2-4,6,9-11H2,1H3,(H,25,30)(H,31,32)/t15-/m1/s1. The fourth-order valence-corrected chi connectivity index (χ4v) is 5.05. The number of ether oxygens (including phenoxy) is 1. The number of anilines is 1. The highest BCUT2D eigenvalue weighted by Gasteiger charge is 2.34. The summed E-state index contributed by atoms with van der Waals surface area (Å²) in [7, 11) is 0. The van der Waals surface area contributed by atoms with Crippen LogP contribution in [0.3, 0.4) is 0 Å². The number of hydrogen-bond donors (Lipinski definition) is 2. The van der Waals surface area contributed by atoms with Gasteiger partial charge in [-0.15, -0.1) is 11.3 Å². The molecule has 2 aliphatic heterocycles. The maximum Gasteiger partial charge on any atom is 0.341 e. The molecule has 5 heterocycles. The predicted molar refractivity (Wildman–Crippen MR) is 127 cm³/mol. The number of carbonyl (C=O) groups excluding carboxylic acids is 1. The molecular formula is C23H25N5O5S. The molecule has 2 saturated heterocycles. The molecule has 10 nitrogen and oxygen atoms in total. The van der Waals surface area contributed by atoms with E-state index in [9.17, 15) is 19.5 Å². The molecule has 2 fully saturated rings. The Morgan fingerprint density at radius 3 is 2.82 bits per heavy atom. The first-order valence-electron chi connectivity index (χ1n) is 11.3. The molecule has 0 saturated carbocycles. The molecule has 2 N–H and O–H groups in total. The zero-order valence-electron chi connectivity index (χ0n) is 18.7. The van der Waals surface area contributed by atoms with Gasteiger partial charge in [0.25, 0.3) is 0 Å². The zero-order valence-corrected chi connectivity index (χ0v) is 19.5. The summed E-state index contributed by atoms with van der Waals surface area (Å²) >= 11 is 1.32. The van der Waals surface area contributed by atoms with Crippen LogP contribution >= 0.6 is 11.3 Å². The van der Waals surface area contributed by atoms with E-state index in [1.807, 2.05) is 4.90 Å². The third-order valence-electron chi connectivity index (χ3n) is 6.35. The first kappa shape index (κ1) is 22.5. The van der Waals surface area contributed by atoms with Crippen LogP contribution in [-0.2, 0) is 9.53 Å². The Morgan fingerprint density at radius 2 is 2.15 bits per heavy atom. The summed E-state index contributed by atoms with van der Waals surface area (Å²) in [6, 6.07) is 1.77. The molecule has 178 valence electrons. The molecule has 0 unspecified atom stereocenters. The van der Waals surface area contributed by atoms with Gasteiger partial charge in [0.05, 0.1) is 17.4 Å². The van der Waals surface area contributed by atoms with Crippen LogP contribution in [-0.4, -0.2) is 63.9 Å². The summed E-state index contributed by atoms with van der Waals surface area (Å²) < 4.78 is 7.23. The van der Waals surface area contributed by atoms with Gasteiger partial charge in [-0.2, -0.15) is 0 Å². The summed E-state index contributed by atoms with van der Waals surface area (Å²) in [4.78, 5) is 48.1. The molecule has 1 amide bonds. The van der Waals surface area contributed by atoms with Crippen molar-refractivity contribution in [3.63, 3.8) is 0 Å². The van der Waals surface area contributed by atoms with E-state index in [0.29, 0.717) is 41.8 Å². The van der Waals surface area contributed by atoms with Crippen molar-refractivity contribution in [2.24, 2.45) is 5.92 Å². The maximum absolute atomic E-state index is 12.9. The number of rotatable bonds is 6. The molecule has 3 aromatic rings. The predicted octanol–water partition coefficient (Wildman–Crippen LogP) is 1.97. The van der Waals surface area contributed by atoms with Crippen molar-refractivity contribution < 1.29 is 19.4 Å². The van der Waals surface area contributed by atoms with Crippen LogP contribution in [0, 0.1) is 12.8 Å². The average Bonchev–Trinajstić information content (AvgIpc) is 3.32. The molecule has 0 spiro atoms. The van der Waals surface area contributed by atoms with Crippen LogP contribution in [0.15, 0.2) is 28.6 Å². The molecule has 0 aliphatic carbocycles. The number of amides is 1. The van der Waals surface area contributed by atoms with Crippen LogP contribution in [0.2, 0.25) is 0 Å². The number of carboxylic acids is 1. The minimum atomic E-state index is -1.30. The second-order valence-corrected chi connectivity index (χ2v) is 9.57. The van der Waals surface area contributed by atoms with Crippen molar-refractivity contribution in [2.75, 3.05) is 31.1 Å². The molecule has 11 heteroatoms. The van der Waals surface area contributed by atoms with E-state index < -0.39 is 11.4 Å². The number of aryl methyl sites for hydroxylation is 1. The van der Waals surface area contributed by atoms with Gasteiger partial charge < -0.3 is 20.1 Å². The Balaban J connectivity index is 1.38. The number of carboxylic acid groups (broad SMARTS) is 1. The molecule has 0 radical (unpaired) electrons. The Bertz CT molecular complexity index is 1290. The van der Waals surface area contributed by atoms with Crippen LogP contribution < -0.4 is 15.6 Å². The normalized spacial score (nSPS) is 18.6. The molecule has 5 rings (SSSR count). The first-order chi connectivity index (χ1) is 16.4.